The average Bonchev–Trinajstić information content (AvgIpc) is 2.92. The molecule has 0 spiro atoms. The molecule has 1 N–H and O–H groups in total. The smallest absolute Gasteiger partial charge is 0.266 e. The zero-order valence-corrected chi connectivity index (χ0v) is 18.0. The van der Waals surface area contributed by atoms with Crippen molar-refractivity contribution in [2.45, 2.75) is 13.5 Å². The van der Waals surface area contributed by atoms with E-state index in [0.29, 0.717) is 17.3 Å². The highest BCUT2D eigenvalue weighted by Gasteiger charge is 2.32. The van der Waals surface area contributed by atoms with Crippen LogP contribution in [-0.4, -0.2) is 40.4 Å². The van der Waals surface area contributed by atoms with Crippen LogP contribution < -0.4 is 4.74 Å². The zero-order valence-electron chi connectivity index (χ0n) is 15.6. The highest BCUT2D eigenvalue weighted by Crippen LogP contribution is 2.32. The first-order chi connectivity index (χ1) is 13.7. The molecule has 0 bridgehead atoms. The van der Waals surface area contributed by atoms with Gasteiger partial charge in [0.2, 0.25) is 0 Å². The Hall–Kier alpha value is -2.20. The van der Waals surface area contributed by atoms with Crippen molar-refractivity contribution in [1.82, 2.24) is 4.90 Å². The Bertz CT molecular complexity index is 1060. The predicted molar refractivity (Wildman–Crippen MR) is 118 cm³/mol. The van der Waals surface area contributed by atoms with E-state index >= 15 is 0 Å². The molecule has 1 fully saturated rings. The van der Waals surface area contributed by atoms with E-state index in [9.17, 15) is 13.2 Å². The molecule has 3 rings (SSSR count). The summed E-state index contributed by atoms with van der Waals surface area (Å²) in [7, 11) is -4.17. The van der Waals surface area contributed by atoms with E-state index in [1.54, 1.807) is 6.08 Å². The first-order valence-corrected chi connectivity index (χ1v) is 11.5. The first kappa shape index (κ1) is 21.5. The molecule has 0 radical (unpaired) electrons. The molecular formula is C20H19NO5S3. The van der Waals surface area contributed by atoms with Crippen LogP contribution in [-0.2, 0) is 21.5 Å². The largest absolute Gasteiger partial charge is 0.489 e. The Morgan fingerprint density at radius 2 is 1.93 bits per heavy atom. The maximum Gasteiger partial charge on any atom is 0.266 e. The van der Waals surface area contributed by atoms with Gasteiger partial charge in [-0.2, -0.15) is 8.42 Å². The number of ether oxygens (including phenoxy) is 1. The summed E-state index contributed by atoms with van der Waals surface area (Å²) in [4.78, 5) is 14.1. The van der Waals surface area contributed by atoms with Gasteiger partial charge in [-0.05, 0) is 36.3 Å². The molecule has 0 aliphatic carbocycles. The predicted octanol–water partition coefficient (Wildman–Crippen LogP) is 3.66. The summed E-state index contributed by atoms with van der Waals surface area (Å²) < 4.78 is 36.8. The molecule has 0 unspecified atom stereocenters. The Kier molecular flexibility index (Phi) is 6.74. The SMILES string of the molecule is Cc1ccc(COc2cccc(/C=C3\SC(=S)N(CCS(=O)(=O)O)C3=O)c2)cc1. The molecule has 2 aromatic carbocycles. The van der Waals surface area contributed by atoms with Crippen molar-refractivity contribution in [1.29, 1.82) is 0 Å². The topological polar surface area (TPSA) is 83.9 Å². The monoisotopic (exact) mass is 449 g/mol. The van der Waals surface area contributed by atoms with Gasteiger partial charge in [0.1, 0.15) is 16.7 Å². The van der Waals surface area contributed by atoms with Crippen LogP contribution in [0.25, 0.3) is 6.08 Å². The second-order valence-electron chi connectivity index (χ2n) is 6.47. The van der Waals surface area contributed by atoms with Crippen LogP contribution in [0.5, 0.6) is 5.75 Å². The van der Waals surface area contributed by atoms with Crippen molar-refractivity contribution < 1.29 is 22.5 Å². The highest BCUT2D eigenvalue weighted by atomic mass is 32.2. The Morgan fingerprint density at radius 1 is 1.21 bits per heavy atom. The number of carbonyl (C=O) groups excluding carboxylic acids is 1. The van der Waals surface area contributed by atoms with Crippen molar-refractivity contribution in [2.75, 3.05) is 12.3 Å². The number of thioether (sulfide) groups is 1. The fourth-order valence-electron chi connectivity index (χ4n) is 2.60. The minimum absolute atomic E-state index is 0.180. The fraction of sp³-hybridized carbons (Fsp3) is 0.200. The van der Waals surface area contributed by atoms with Crippen LogP contribution in [0.15, 0.2) is 53.4 Å². The molecular weight excluding hydrogens is 430 g/mol. The molecule has 1 aliphatic rings. The maximum absolute atomic E-state index is 12.5. The second-order valence-corrected chi connectivity index (χ2v) is 9.71. The lowest BCUT2D eigenvalue weighted by molar-refractivity contribution is -0.121. The molecule has 2 aromatic rings. The van der Waals surface area contributed by atoms with E-state index in [0.717, 1.165) is 22.9 Å². The molecule has 1 amide bonds. The summed E-state index contributed by atoms with van der Waals surface area (Å²) >= 11 is 6.25. The fourth-order valence-corrected chi connectivity index (χ4v) is 4.32. The Morgan fingerprint density at radius 3 is 2.62 bits per heavy atom. The Labute approximate surface area is 179 Å². The molecule has 0 atom stereocenters. The van der Waals surface area contributed by atoms with E-state index in [4.69, 9.17) is 21.5 Å². The normalized spacial score (nSPS) is 15.9. The Balaban J connectivity index is 1.68. The zero-order chi connectivity index (χ0) is 21.0. The lowest BCUT2D eigenvalue weighted by Gasteiger charge is -2.12. The van der Waals surface area contributed by atoms with Crippen LogP contribution in [0.2, 0.25) is 0 Å². The standard InChI is InChI=1S/C20H19NO5S3/c1-14-5-7-15(8-6-14)13-26-17-4-2-3-16(11-17)12-18-19(22)21(20(27)28-18)9-10-29(23,24)25/h2-8,11-12H,9-10,13H2,1H3,(H,23,24,25)/b18-12-. The quantitative estimate of drug-likeness (QED) is 0.392. The number of hydrogen-bond acceptors (Lipinski definition) is 6. The maximum atomic E-state index is 12.5. The summed E-state index contributed by atoms with van der Waals surface area (Å²) in [6, 6.07) is 15.4. The van der Waals surface area contributed by atoms with Crippen molar-refractivity contribution in [3.8, 4) is 5.75 Å². The van der Waals surface area contributed by atoms with Gasteiger partial charge < -0.3 is 4.74 Å². The van der Waals surface area contributed by atoms with Crippen molar-refractivity contribution in [3.05, 3.63) is 70.1 Å². The molecule has 1 heterocycles. The number of benzene rings is 2. The summed E-state index contributed by atoms with van der Waals surface area (Å²) in [5.41, 5.74) is 3.01. The summed E-state index contributed by atoms with van der Waals surface area (Å²) in [5, 5.41) is 0. The number of hydrogen-bond donors (Lipinski definition) is 1. The number of rotatable bonds is 7. The van der Waals surface area contributed by atoms with Crippen LogP contribution >= 0.6 is 24.0 Å². The number of nitrogens with zero attached hydrogens (tertiary/aromatic N) is 1. The van der Waals surface area contributed by atoms with Gasteiger partial charge in [0.05, 0.1) is 10.7 Å². The minimum atomic E-state index is -4.17. The molecule has 0 aromatic heterocycles. The first-order valence-electron chi connectivity index (χ1n) is 8.70. The number of thiocarbonyl (C=S) groups is 1. The van der Waals surface area contributed by atoms with E-state index in [2.05, 4.69) is 0 Å². The minimum Gasteiger partial charge on any atom is -0.489 e. The van der Waals surface area contributed by atoms with E-state index in [1.165, 1.54) is 10.5 Å². The molecule has 1 aliphatic heterocycles. The summed E-state index contributed by atoms with van der Waals surface area (Å²) in [6.07, 6.45) is 1.69. The van der Waals surface area contributed by atoms with Crippen LogP contribution in [0.3, 0.4) is 0 Å². The molecule has 29 heavy (non-hydrogen) atoms. The van der Waals surface area contributed by atoms with Gasteiger partial charge in [-0.15, -0.1) is 0 Å². The van der Waals surface area contributed by atoms with Crippen molar-refractivity contribution in [2.24, 2.45) is 0 Å². The third-order valence-corrected chi connectivity index (χ3v) is 6.20. The highest BCUT2D eigenvalue weighted by molar-refractivity contribution is 8.26. The van der Waals surface area contributed by atoms with Crippen molar-refractivity contribution >= 4 is 50.4 Å². The third kappa shape index (κ3) is 6.14. The number of aryl methyl sites for hydroxylation is 1. The summed E-state index contributed by atoms with van der Waals surface area (Å²) in [6.45, 7) is 2.28. The lowest BCUT2D eigenvalue weighted by atomic mass is 10.1. The molecule has 1 saturated heterocycles. The van der Waals surface area contributed by atoms with Gasteiger partial charge in [-0.1, -0.05) is 65.9 Å². The van der Waals surface area contributed by atoms with E-state index < -0.39 is 15.9 Å². The molecule has 6 nitrogen and oxygen atoms in total. The van der Waals surface area contributed by atoms with E-state index in [1.807, 2.05) is 55.5 Å². The van der Waals surface area contributed by atoms with Gasteiger partial charge >= 0.3 is 0 Å². The average molecular weight is 450 g/mol. The van der Waals surface area contributed by atoms with Crippen molar-refractivity contribution in [3.63, 3.8) is 0 Å². The van der Waals surface area contributed by atoms with Crippen LogP contribution in [0.1, 0.15) is 16.7 Å². The van der Waals surface area contributed by atoms with Gasteiger partial charge in [0, 0.05) is 6.54 Å². The number of amides is 1. The van der Waals surface area contributed by atoms with Crippen LogP contribution in [0, 0.1) is 6.92 Å². The van der Waals surface area contributed by atoms with Gasteiger partial charge in [-0.3, -0.25) is 14.2 Å². The second kappa shape index (κ2) is 9.08. The van der Waals surface area contributed by atoms with Gasteiger partial charge in [0.15, 0.2) is 0 Å². The summed E-state index contributed by atoms with van der Waals surface area (Å²) in [5.74, 6) is -0.273. The van der Waals surface area contributed by atoms with Gasteiger partial charge in [-0.25, -0.2) is 0 Å². The lowest BCUT2D eigenvalue weighted by Crippen LogP contribution is -2.32. The third-order valence-electron chi connectivity index (χ3n) is 4.13. The van der Waals surface area contributed by atoms with E-state index in [-0.39, 0.29) is 16.8 Å². The number of carbonyl (C=O) groups is 1. The van der Waals surface area contributed by atoms with Crippen LogP contribution in [0.4, 0.5) is 0 Å². The van der Waals surface area contributed by atoms with Gasteiger partial charge in [0.25, 0.3) is 16.0 Å². The molecule has 152 valence electrons. The molecule has 0 saturated carbocycles. The molecule has 9 heteroatoms.